The molecule has 1 aromatic heterocycles. The predicted octanol–water partition coefficient (Wildman–Crippen LogP) is 3.10. The molecule has 0 atom stereocenters. The maximum absolute atomic E-state index is 4.44. The van der Waals surface area contributed by atoms with Gasteiger partial charge < -0.3 is 9.88 Å². The average Bonchev–Trinajstić information content (AvgIpc) is 2.85. The van der Waals surface area contributed by atoms with Crippen molar-refractivity contribution in [3.63, 3.8) is 0 Å². The van der Waals surface area contributed by atoms with Crippen LogP contribution in [0.3, 0.4) is 0 Å². The zero-order chi connectivity index (χ0) is 13.7. The normalized spacial score (nSPS) is 10.9. The molecule has 19 heavy (non-hydrogen) atoms. The van der Waals surface area contributed by atoms with Crippen molar-refractivity contribution in [1.29, 1.82) is 0 Å². The summed E-state index contributed by atoms with van der Waals surface area (Å²) in [6, 6.07) is 10.7. The molecule has 0 aliphatic rings. The van der Waals surface area contributed by atoms with E-state index in [9.17, 15) is 0 Å². The lowest BCUT2D eigenvalue weighted by molar-refractivity contribution is 0.604. The lowest BCUT2D eigenvalue weighted by Crippen LogP contribution is -2.25. The standard InChI is InChI=1S/C16H21N3/c1-13(2)18-11-14(3)12-19-10-9-17-16(19)15-7-5-4-6-8-15/h4-10,13,18H,3,11-12H2,1-2H3. The quantitative estimate of drug-likeness (QED) is 0.804. The second kappa shape index (κ2) is 6.34. The number of nitrogens with zero attached hydrogens (tertiary/aromatic N) is 2. The van der Waals surface area contributed by atoms with Gasteiger partial charge in [0.1, 0.15) is 5.82 Å². The lowest BCUT2D eigenvalue weighted by Gasteiger charge is -2.13. The van der Waals surface area contributed by atoms with Crippen LogP contribution in [0.1, 0.15) is 13.8 Å². The summed E-state index contributed by atoms with van der Waals surface area (Å²) in [7, 11) is 0. The van der Waals surface area contributed by atoms with Crippen molar-refractivity contribution in [3.05, 3.63) is 54.9 Å². The third-order valence-electron chi connectivity index (χ3n) is 2.90. The van der Waals surface area contributed by atoms with E-state index in [4.69, 9.17) is 0 Å². The van der Waals surface area contributed by atoms with Crippen molar-refractivity contribution < 1.29 is 0 Å². The summed E-state index contributed by atoms with van der Waals surface area (Å²) in [5.41, 5.74) is 2.29. The molecule has 0 spiro atoms. The Bertz CT molecular complexity index is 526. The summed E-state index contributed by atoms with van der Waals surface area (Å²) in [6.45, 7) is 10.0. The minimum absolute atomic E-state index is 0.480. The summed E-state index contributed by atoms with van der Waals surface area (Å²) in [4.78, 5) is 4.44. The Balaban J connectivity index is 2.06. The highest BCUT2D eigenvalue weighted by Crippen LogP contribution is 2.17. The molecule has 1 N–H and O–H groups in total. The van der Waals surface area contributed by atoms with E-state index in [1.807, 2.05) is 30.6 Å². The average molecular weight is 255 g/mol. The Morgan fingerprint density at radius 2 is 2.05 bits per heavy atom. The molecule has 0 aliphatic heterocycles. The Morgan fingerprint density at radius 3 is 2.74 bits per heavy atom. The molecule has 3 nitrogen and oxygen atoms in total. The first-order chi connectivity index (χ1) is 9.16. The SMILES string of the molecule is C=C(CNC(C)C)Cn1ccnc1-c1ccccc1. The third-order valence-corrected chi connectivity index (χ3v) is 2.90. The van der Waals surface area contributed by atoms with E-state index in [1.54, 1.807) is 0 Å². The van der Waals surface area contributed by atoms with Gasteiger partial charge in [0.25, 0.3) is 0 Å². The van der Waals surface area contributed by atoms with Crippen molar-refractivity contribution in [1.82, 2.24) is 14.9 Å². The maximum atomic E-state index is 4.44. The monoisotopic (exact) mass is 255 g/mol. The molecule has 2 aromatic rings. The van der Waals surface area contributed by atoms with Gasteiger partial charge in [0.2, 0.25) is 0 Å². The number of rotatable bonds is 6. The molecular formula is C16H21N3. The van der Waals surface area contributed by atoms with E-state index in [-0.39, 0.29) is 0 Å². The summed E-state index contributed by atoms with van der Waals surface area (Å²) >= 11 is 0. The minimum Gasteiger partial charge on any atom is -0.327 e. The first kappa shape index (κ1) is 13.6. The van der Waals surface area contributed by atoms with Crippen LogP contribution in [0.15, 0.2) is 54.9 Å². The topological polar surface area (TPSA) is 29.9 Å². The summed E-state index contributed by atoms with van der Waals surface area (Å²) in [6.07, 6.45) is 3.84. The molecule has 0 aliphatic carbocycles. The van der Waals surface area contributed by atoms with Crippen LogP contribution in [0.4, 0.5) is 0 Å². The van der Waals surface area contributed by atoms with Gasteiger partial charge in [-0.15, -0.1) is 0 Å². The Morgan fingerprint density at radius 1 is 1.32 bits per heavy atom. The van der Waals surface area contributed by atoms with Crippen LogP contribution in [0.5, 0.6) is 0 Å². The van der Waals surface area contributed by atoms with Gasteiger partial charge in [-0.3, -0.25) is 0 Å². The van der Waals surface area contributed by atoms with Crippen molar-refractivity contribution in [3.8, 4) is 11.4 Å². The summed E-state index contributed by atoms with van der Waals surface area (Å²) in [5, 5.41) is 3.38. The molecule has 1 heterocycles. The number of aromatic nitrogens is 2. The van der Waals surface area contributed by atoms with Crippen LogP contribution >= 0.6 is 0 Å². The van der Waals surface area contributed by atoms with Gasteiger partial charge in [0, 0.05) is 37.1 Å². The van der Waals surface area contributed by atoms with Gasteiger partial charge in [-0.05, 0) is 5.57 Å². The molecule has 1 aromatic carbocycles. The van der Waals surface area contributed by atoms with E-state index in [2.05, 4.69) is 47.4 Å². The zero-order valence-electron chi connectivity index (χ0n) is 11.6. The van der Waals surface area contributed by atoms with E-state index >= 15 is 0 Å². The fourth-order valence-electron chi connectivity index (χ4n) is 1.93. The Hall–Kier alpha value is -1.87. The second-order valence-electron chi connectivity index (χ2n) is 5.03. The third kappa shape index (κ3) is 3.80. The Kier molecular flexibility index (Phi) is 4.53. The first-order valence-electron chi connectivity index (χ1n) is 6.63. The number of benzene rings is 1. The highest BCUT2D eigenvalue weighted by Gasteiger charge is 2.06. The van der Waals surface area contributed by atoms with Gasteiger partial charge in [0.05, 0.1) is 0 Å². The van der Waals surface area contributed by atoms with Crippen molar-refractivity contribution >= 4 is 0 Å². The lowest BCUT2D eigenvalue weighted by atomic mass is 10.2. The molecule has 0 radical (unpaired) electrons. The van der Waals surface area contributed by atoms with Crippen LogP contribution in [0.25, 0.3) is 11.4 Å². The predicted molar refractivity (Wildman–Crippen MR) is 79.9 cm³/mol. The van der Waals surface area contributed by atoms with Crippen molar-refractivity contribution in [2.75, 3.05) is 6.54 Å². The molecule has 0 amide bonds. The van der Waals surface area contributed by atoms with E-state index in [0.29, 0.717) is 6.04 Å². The van der Waals surface area contributed by atoms with Crippen LogP contribution in [-0.4, -0.2) is 22.1 Å². The van der Waals surface area contributed by atoms with Crippen LogP contribution in [0.2, 0.25) is 0 Å². The van der Waals surface area contributed by atoms with Crippen molar-refractivity contribution in [2.24, 2.45) is 0 Å². The van der Waals surface area contributed by atoms with E-state index < -0.39 is 0 Å². The van der Waals surface area contributed by atoms with Crippen LogP contribution in [0, 0.1) is 0 Å². The number of hydrogen-bond donors (Lipinski definition) is 1. The maximum Gasteiger partial charge on any atom is 0.140 e. The van der Waals surface area contributed by atoms with Crippen LogP contribution in [-0.2, 0) is 6.54 Å². The van der Waals surface area contributed by atoms with Gasteiger partial charge >= 0.3 is 0 Å². The van der Waals surface area contributed by atoms with Gasteiger partial charge in [-0.1, -0.05) is 50.8 Å². The molecule has 0 bridgehead atoms. The van der Waals surface area contributed by atoms with E-state index in [1.165, 1.54) is 0 Å². The molecule has 0 unspecified atom stereocenters. The molecule has 0 fully saturated rings. The highest BCUT2D eigenvalue weighted by molar-refractivity contribution is 5.55. The fourth-order valence-corrected chi connectivity index (χ4v) is 1.93. The molecule has 2 rings (SSSR count). The van der Waals surface area contributed by atoms with Gasteiger partial charge in [-0.25, -0.2) is 4.98 Å². The second-order valence-corrected chi connectivity index (χ2v) is 5.03. The van der Waals surface area contributed by atoms with E-state index in [0.717, 1.165) is 30.1 Å². The molecular weight excluding hydrogens is 234 g/mol. The highest BCUT2D eigenvalue weighted by atomic mass is 15.1. The fraction of sp³-hybridized carbons (Fsp3) is 0.312. The minimum atomic E-state index is 0.480. The Labute approximate surface area is 115 Å². The summed E-state index contributed by atoms with van der Waals surface area (Å²) < 4.78 is 2.14. The number of nitrogens with one attached hydrogen (secondary N) is 1. The smallest absolute Gasteiger partial charge is 0.140 e. The van der Waals surface area contributed by atoms with Gasteiger partial charge in [0.15, 0.2) is 0 Å². The van der Waals surface area contributed by atoms with Crippen molar-refractivity contribution in [2.45, 2.75) is 26.4 Å². The van der Waals surface area contributed by atoms with Crippen LogP contribution < -0.4 is 5.32 Å². The first-order valence-corrected chi connectivity index (χ1v) is 6.63. The molecule has 100 valence electrons. The molecule has 0 saturated carbocycles. The number of imidazole rings is 1. The van der Waals surface area contributed by atoms with Gasteiger partial charge in [-0.2, -0.15) is 0 Å². The largest absolute Gasteiger partial charge is 0.327 e. The number of hydrogen-bond acceptors (Lipinski definition) is 2. The molecule has 0 saturated heterocycles. The summed E-state index contributed by atoms with van der Waals surface area (Å²) in [5.74, 6) is 0.992. The zero-order valence-corrected chi connectivity index (χ0v) is 11.6. The molecule has 3 heteroatoms.